The van der Waals surface area contributed by atoms with Crippen molar-refractivity contribution in [2.45, 2.75) is 5.79 Å². The van der Waals surface area contributed by atoms with Gasteiger partial charge in [0.05, 0.1) is 0 Å². The molecule has 1 heterocycles. The molecule has 0 spiro atoms. The Morgan fingerprint density at radius 1 is 0.696 bits per heavy atom. The van der Waals surface area contributed by atoms with Crippen molar-refractivity contribution in [2.24, 2.45) is 0 Å². The number of para-hydroxylation sites is 1. The normalized spacial score (nSPS) is 19.4. The molecular formula is C21H16O2. The Morgan fingerprint density at radius 3 is 2.04 bits per heavy atom. The first-order valence-corrected chi connectivity index (χ1v) is 7.61. The van der Waals surface area contributed by atoms with Gasteiger partial charge in [0.15, 0.2) is 0 Å². The summed E-state index contributed by atoms with van der Waals surface area (Å²) in [6.45, 7) is 0. The smallest absolute Gasteiger partial charge is 0.255 e. The van der Waals surface area contributed by atoms with E-state index in [1.807, 2.05) is 84.9 Å². The van der Waals surface area contributed by atoms with Crippen LogP contribution in [0.1, 0.15) is 16.7 Å². The van der Waals surface area contributed by atoms with Gasteiger partial charge < -0.3 is 9.84 Å². The summed E-state index contributed by atoms with van der Waals surface area (Å²) in [5.41, 5.74) is 3.72. The van der Waals surface area contributed by atoms with Gasteiger partial charge in [0.1, 0.15) is 5.75 Å². The summed E-state index contributed by atoms with van der Waals surface area (Å²) in [5, 5.41) is 11.1. The third-order valence-corrected chi connectivity index (χ3v) is 4.05. The second-order valence-corrected chi connectivity index (χ2v) is 5.58. The minimum absolute atomic E-state index is 0.681. The van der Waals surface area contributed by atoms with Gasteiger partial charge in [0, 0.05) is 17.2 Å². The van der Waals surface area contributed by atoms with E-state index >= 15 is 0 Å². The van der Waals surface area contributed by atoms with Crippen molar-refractivity contribution in [1.82, 2.24) is 0 Å². The van der Waals surface area contributed by atoms with Crippen molar-refractivity contribution in [2.75, 3.05) is 0 Å². The van der Waals surface area contributed by atoms with Crippen LogP contribution < -0.4 is 4.74 Å². The minimum Gasteiger partial charge on any atom is -0.454 e. The summed E-state index contributed by atoms with van der Waals surface area (Å²) in [6, 6.07) is 27.3. The molecule has 1 aliphatic heterocycles. The second kappa shape index (κ2) is 5.41. The van der Waals surface area contributed by atoms with Gasteiger partial charge in [-0.3, -0.25) is 0 Å². The molecule has 1 atom stereocenters. The minimum atomic E-state index is -1.47. The van der Waals surface area contributed by atoms with E-state index in [0.717, 1.165) is 16.7 Å². The molecular weight excluding hydrogens is 284 g/mol. The predicted octanol–water partition coefficient (Wildman–Crippen LogP) is 4.36. The van der Waals surface area contributed by atoms with Crippen LogP contribution in [0, 0.1) is 0 Å². The van der Waals surface area contributed by atoms with Gasteiger partial charge in [0.2, 0.25) is 0 Å². The molecule has 112 valence electrons. The molecule has 2 heteroatoms. The second-order valence-electron chi connectivity index (χ2n) is 5.58. The fraction of sp³-hybridized carbons (Fsp3) is 0.0476. The number of hydrogen-bond acceptors (Lipinski definition) is 2. The lowest BCUT2D eigenvalue weighted by atomic mass is 9.90. The fourth-order valence-corrected chi connectivity index (χ4v) is 2.92. The number of aliphatic hydroxyl groups is 1. The number of ether oxygens (including phenoxy) is 1. The standard InChI is InChI=1S/C21H16O2/c22-21(17-11-5-2-6-12-17)15-19(16-9-3-1-4-10-16)18-13-7-8-14-20(18)23-21/h1-15,22H/t21-/m0/s1. The molecule has 0 radical (unpaired) electrons. The Bertz CT molecular complexity index is 853. The van der Waals surface area contributed by atoms with Gasteiger partial charge in [-0.1, -0.05) is 78.9 Å². The first kappa shape index (κ1) is 13.8. The van der Waals surface area contributed by atoms with Crippen molar-refractivity contribution >= 4 is 5.57 Å². The zero-order valence-electron chi connectivity index (χ0n) is 12.5. The van der Waals surface area contributed by atoms with Crippen LogP contribution in [0.2, 0.25) is 0 Å². The number of hydrogen-bond donors (Lipinski definition) is 1. The summed E-state index contributed by atoms with van der Waals surface area (Å²) in [4.78, 5) is 0. The number of rotatable bonds is 2. The van der Waals surface area contributed by atoms with Crippen LogP contribution in [-0.2, 0) is 5.79 Å². The molecule has 0 unspecified atom stereocenters. The molecule has 1 N–H and O–H groups in total. The highest BCUT2D eigenvalue weighted by Crippen LogP contribution is 2.42. The molecule has 0 saturated heterocycles. The Balaban J connectivity index is 1.93. The molecule has 23 heavy (non-hydrogen) atoms. The molecule has 0 saturated carbocycles. The Hall–Kier alpha value is -2.84. The lowest BCUT2D eigenvalue weighted by Gasteiger charge is -2.33. The van der Waals surface area contributed by atoms with E-state index in [9.17, 15) is 5.11 Å². The highest BCUT2D eigenvalue weighted by atomic mass is 16.6. The van der Waals surface area contributed by atoms with E-state index in [4.69, 9.17) is 4.74 Å². The Labute approximate surface area is 135 Å². The van der Waals surface area contributed by atoms with Crippen LogP contribution in [0.25, 0.3) is 5.57 Å². The SMILES string of the molecule is O[C@@]1(c2ccccc2)C=C(c2ccccc2)c2ccccc2O1. The molecule has 4 rings (SSSR count). The third kappa shape index (κ3) is 2.43. The van der Waals surface area contributed by atoms with E-state index in [1.54, 1.807) is 6.08 Å². The van der Waals surface area contributed by atoms with Crippen LogP contribution in [0.15, 0.2) is 91.0 Å². The Kier molecular flexibility index (Phi) is 3.25. The van der Waals surface area contributed by atoms with Crippen LogP contribution in [-0.4, -0.2) is 5.11 Å². The average molecular weight is 300 g/mol. The molecule has 3 aromatic carbocycles. The number of fused-ring (bicyclic) bond motifs is 1. The van der Waals surface area contributed by atoms with Gasteiger partial charge >= 0.3 is 0 Å². The zero-order valence-corrected chi connectivity index (χ0v) is 12.5. The zero-order chi connectivity index (χ0) is 15.7. The average Bonchev–Trinajstić information content (AvgIpc) is 2.62. The van der Waals surface area contributed by atoms with Crippen LogP contribution in [0.4, 0.5) is 0 Å². The fourth-order valence-electron chi connectivity index (χ4n) is 2.92. The quantitative estimate of drug-likeness (QED) is 0.762. The molecule has 0 aliphatic carbocycles. The predicted molar refractivity (Wildman–Crippen MR) is 90.9 cm³/mol. The maximum Gasteiger partial charge on any atom is 0.255 e. The first-order valence-electron chi connectivity index (χ1n) is 7.61. The van der Waals surface area contributed by atoms with E-state index in [-0.39, 0.29) is 0 Å². The molecule has 0 bridgehead atoms. The number of benzene rings is 3. The largest absolute Gasteiger partial charge is 0.454 e. The van der Waals surface area contributed by atoms with Crippen molar-refractivity contribution in [1.29, 1.82) is 0 Å². The van der Waals surface area contributed by atoms with Crippen LogP contribution in [0.3, 0.4) is 0 Å². The highest BCUT2D eigenvalue weighted by molar-refractivity contribution is 5.84. The lowest BCUT2D eigenvalue weighted by molar-refractivity contribution is -0.103. The summed E-state index contributed by atoms with van der Waals surface area (Å²) < 4.78 is 5.94. The van der Waals surface area contributed by atoms with Crippen molar-refractivity contribution < 1.29 is 9.84 Å². The lowest BCUT2D eigenvalue weighted by Crippen LogP contribution is -2.33. The molecule has 2 nitrogen and oxygen atoms in total. The van der Waals surface area contributed by atoms with Crippen molar-refractivity contribution in [3.05, 3.63) is 108 Å². The van der Waals surface area contributed by atoms with Gasteiger partial charge in [-0.25, -0.2) is 0 Å². The van der Waals surface area contributed by atoms with Crippen molar-refractivity contribution in [3.8, 4) is 5.75 Å². The van der Waals surface area contributed by atoms with E-state index in [2.05, 4.69) is 0 Å². The maximum absolute atomic E-state index is 11.1. The Morgan fingerprint density at radius 2 is 1.30 bits per heavy atom. The van der Waals surface area contributed by atoms with E-state index < -0.39 is 5.79 Å². The van der Waals surface area contributed by atoms with E-state index in [1.165, 1.54) is 0 Å². The van der Waals surface area contributed by atoms with Gasteiger partial charge in [0.25, 0.3) is 5.79 Å². The molecule has 3 aromatic rings. The molecule has 0 fully saturated rings. The molecule has 0 aromatic heterocycles. The monoisotopic (exact) mass is 300 g/mol. The summed E-state index contributed by atoms with van der Waals surface area (Å²) >= 11 is 0. The third-order valence-electron chi connectivity index (χ3n) is 4.05. The summed E-state index contributed by atoms with van der Waals surface area (Å²) in [7, 11) is 0. The van der Waals surface area contributed by atoms with Crippen LogP contribution in [0.5, 0.6) is 5.75 Å². The first-order chi connectivity index (χ1) is 11.3. The summed E-state index contributed by atoms with van der Waals surface area (Å²) in [5.74, 6) is -0.791. The van der Waals surface area contributed by atoms with Gasteiger partial charge in [-0.05, 0) is 17.2 Å². The summed E-state index contributed by atoms with van der Waals surface area (Å²) in [6.07, 6.45) is 1.79. The highest BCUT2D eigenvalue weighted by Gasteiger charge is 2.35. The molecule has 0 amide bonds. The van der Waals surface area contributed by atoms with Crippen molar-refractivity contribution in [3.63, 3.8) is 0 Å². The molecule has 1 aliphatic rings. The van der Waals surface area contributed by atoms with Gasteiger partial charge in [-0.15, -0.1) is 0 Å². The van der Waals surface area contributed by atoms with Crippen LogP contribution >= 0.6 is 0 Å². The topological polar surface area (TPSA) is 29.5 Å². The maximum atomic E-state index is 11.1. The van der Waals surface area contributed by atoms with E-state index in [0.29, 0.717) is 11.3 Å². The van der Waals surface area contributed by atoms with Gasteiger partial charge in [-0.2, -0.15) is 0 Å².